The molecule has 0 saturated heterocycles. The topological polar surface area (TPSA) is 21.3 Å². The first-order chi connectivity index (χ1) is 31.2. The van der Waals surface area contributed by atoms with Crippen molar-refractivity contribution >= 4 is 60.8 Å². The summed E-state index contributed by atoms with van der Waals surface area (Å²) in [5, 5.41) is 4.77. The van der Waals surface area contributed by atoms with Crippen LogP contribution in [0.25, 0.3) is 93.9 Å². The molecule has 12 rings (SSSR count). The van der Waals surface area contributed by atoms with Gasteiger partial charge in [-0.1, -0.05) is 176 Å². The third-order valence-corrected chi connectivity index (χ3v) is 12.4. The molecule has 0 unspecified atom stereocenters. The van der Waals surface area contributed by atoms with E-state index in [0.29, 0.717) is 0 Å². The Labute approximate surface area is 366 Å². The van der Waals surface area contributed by atoms with Crippen LogP contribution < -0.4 is 4.90 Å². The van der Waals surface area contributed by atoms with Gasteiger partial charge in [-0.2, -0.15) is 0 Å². The van der Waals surface area contributed by atoms with Crippen LogP contribution in [-0.4, -0.2) is 4.57 Å². The molecule has 0 aliphatic heterocycles. The van der Waals surface area contributed by atoms with Crippen LogP contribution in [0.3, 0.4) is 0 Å². The molecule has 0 atom stereocenters. The quantitative estimate of drug-likeness (QED) is 0.153. The largest absolute Gasteiger partial charge is 0.456 e. The van der Waals surface area contributed by atoms with Gasteiger partial charge in [-0.25, -0.2) is 0 Å². The van der Waals surface area contributed by atoms with Crippen LogP contribution in [-0.2, 0) is 0 Å². The summed E-state index contributed by atoms with van der Waals surface area (Å²) >= 11 is 0. The molecule has 63 heavy (non-hydrogen) atoms. The van der Waals surface area contributed by atoms with Crippen molar-refractivity contribution in [3.8, 4) is 50.2 Å². The highest BCUT2D eigenvalue weighted by Gasteiger charge is 2.19. The van der Waals surface area contributed by atoms with Gasteiger partial charge >= 0.3 is 0 Å². The zero-order chi connectivity index (χ0) is 41.7. The minimum Gasteiger partial charge on any atom is -0.456 e. The Balaban J connectivity index is 0.961. The number of anilines is 3. The molecule has 3 heteroatoms. The van der Waals surface area contributed by atoms with E-state index in [4.69, 9.17) is 4.42 Å². The molecule has 12 aromatic rings. The SMILES string of the molecule is c1ccc(-c2ccc(N(c3ccc(-c4ccc(-c5ccccc5)c(-n5c6ccccc6c6ccccc65)c4)cc3)c3ccc(-c4cccc5oc6ccccc6c45)cc3)cc2)cc1. The number of aromatic nitrogens is 1. The molecule has 3 nitrogen and oxygen atoms in total. The molecule has 10 aromatic carbocycles. The second-order valence-electron chi connectivity index (χ2n) is 16.1. The fourth-order valence-corrected chi connectivity index (χ4v) is 9.43. The van der Waals surface area contributed by atoms with Gasteiger partial charge in [0.05, 0.1) is 16.7 Å². The Morgan fingerprint density at radius 2 is 0.746 bits per heavy atom. The minimum absolute atomic E-state index is 0.898. The molecule has 0 amide bonds. The van der Waals surface area contributed by atoms with Crippen LogP contribution in [0, 0.1) is 0 Å². The molecule has 0 saturated carbocycles. The van der Waals surface area contributed by atoms with Crippen molar-refractivity contribution in [2.45, 2.75) is 0 Å². The smallest absolute Gasteiger partial charge is 0.136 e. The Hall–Kier alpha value is -8.40. The maximum atomic E-state index is 6.25. The van der Waals surface area contributed by atoms with E-state index in [1.807, 2.05) is 12.1 Å². The number of hydrogen-bond donors (Lipinski definition) is 0. The molecule has 0 fully saturated rings. The molecule has 0 aliphatic rings. The van der Waals surface area contributed by atoms with E-state index in [-0.39, 0.29) is 0 Å². The van der Waals surface area contributed by atoms with Crippen LogP contribution in [0.1, 0.15) is 0 Å². The summed E-state index contributed by atoms with van der Waals surface area (Å²) in [6.45, 7) is 0. The van der Waals surface area contributed by atoms with E-state index in [2.05, 4.69) is 240 Å². The number of nitrogens with zero attached hydrogens (tertiary/aromatic N) is 2. The molecule has 2 heterocycles. The summed E-state index contributed by atoms with van der Waals surface area (Å²) in [5.41, 5.74) is 17.9. The lowest BCUT2D eigenvalue weighted by Gasteiger charge is -2.26. The first kappa shape index (κ1) is 36.5. The molecule has 296 valence electrons. The van der Waals surface area contributed by atoms with Crippen LogP contribution in [0.5, 0.6) is 0 Å². The number of rotatable bonds is 8. The maximum Gasteiger partial charge on any atom is 0.136 e. The third-order valence-electron chi connectivity index (χ3n) is 12.4. The average Bonchev–Trinajstić information content (AvgIpc) is 3.91. The number of furan rings is 1. The fourth-order valence-electron chi connectivity index (χ4n) is 9.43. The Kier molecular flexibility index (Phi) is 8.83. The van der Waals surface area contributed by atoms with Gasteiger partial charge in [0.1, 0.15) is 11.2 Å². The summed E-state index contributed by atoms with van der Waals surface area (Å²) in [6, 6.07) is 87.1. The lowest BCUT2D eigenvalue weighted by Crippen LogP contribution is -2.09. The second kappa shape index (κ2) is 15.3. The first-order valence-electron chi connectivity index (χ1n) is 21.5. The summed E-state index contributed by atoms with van der Waals surface area (Å²) in [7, 11) is 0. The lowest BCUT2D eigenvalue weighted by molar-refractivity contribution is 0.669. The maximum absolute atomic E-state index is 6.25. The highest BCUT2D eigenvalue weighted by Crippen LogP contribution is 2.42. The van der Waals surface area contributed by atoms with E-state index < -0.39 is 0 Å². The molecular formula is C60H40N2O. The Bertz CT molecular complexity index is 3530. The van der Waals surface area contributed by atoms with Crippen LogP contribution in [0.15, 0.2) is 247 Å². The van der Waals surface area contributed by atoms with Crippen molar-refractivity contribution in [3.63, 3.8) is 0 Å². The summed E-state index contributed by atoms with van der Waals surface area (Å²) in [5.74, 6) is 0. The second-order valence-corrected chi connectivity index (χ2v) is 16.1. The Morgan fingerprint density at radius 3 is 1.37 bits per heavy atom. The van der Waals surface area contributed by atoms with Gasteiger partial charge in [0.25, 0.3) is 0 Å². The van der Waals surface area contributed by atoms with E-state index in [1.54, 1.807) is 0 Å². The predicted octanol–water partition coefficient (Wildman–Crippen LogP) is 16.8. The van der Waals surface area contributed by atoms with E-state index in [1.165, 1.54) is 44.1 Å². The molecule has 0 spiro atoms. The first-order valence-corrected chi connectivity index (χ1v) is 21.5. The highest BCUT2D eigenvalue weighted by atomic mass is 16.3. The average molecular weight is 805 g/mol. The van der Waals surface area contributed by atoms with Gasteiger partial charge in [0.2, 0.25) is 0 Å². The van der Waals surface area contributed by atoms with Crippen LogP contribution in [0.4, 0.5) is 17.1 Å². The third kappa shape index (κ3) is 6.38. The van der Waals surface area contributed by atoms with Crippen molar-refractivity contribution < 1.29 is 4.42 Å². The molecule has 0 aliphatic carbocycles. The zero-order valence-corrected chi connectivity index (χ0v) is 34.4. The van der Waals surface area contributed by atoms with Gasteiger partial charge in [-0.3, -0.25) is 0 Å². The molecule has 2 aromatic heterocycles. The van der Waals surface area contributed by atoms with E-state index in [0.717, 1.165) is 66.9 Å². The van der Waals surface area contributed by atoms with Gasteiger partial charge in [0.15, 0.2) is 0 Å². The minimum atomic E-state index is 0.898. The monoisotopic (exact) mass is 804 g/mol. The lowest BCUT2D eigenvalue weighted by atomic mass is 9.97. The molecule has 0 N–H and O–H groups in total. The van der Waals surface area contributed by atoms with Crippen molar-refractivity contribution in [1.82, 2.24) is 4.57 Å². The number of para-hydroxylation sites is 3. The zero-order valence-electron chi connectivity index (χ0n) is 34.4. The highest BCUT2D eigenvalue weighted by molar-refractivity contribution is 6.12. The van der Waals surface area contributed by atoms with Crippen LogP contribution in [0.2, 0.25) is 0 Å². The normalized spacial score (nSPS) is 11.5. The number of fused-ring (bicyclic) bond motifs is 6. The van der Waals surface area contributed by atoms with Gasteiger partial charge < -0.3 is 13.9 Å². The van der Waals surface area contributed by atoms with E-state index >= 15 is 0 Å². The summed E-state index contributed by atoms with van der Waals surface area (Å²) < 4.78 is 8.69. The fraction of sp³-hybridized carbons (Fsp3) is 0. The van der Waals surface area contributed by atoms with Crippen molar-refractivity contribution in [2.24, 2.45) is 0 Å². The number of hydrogen-bond acceptors (Lipinski definition) is 2. The van der Waals surface area contributed by atoms with Crippen molar-refractivity contribution in [2.75, 3.05) is 4.90 Å². The predicted molar refractivity (Wildman–Crippen MR) is 264 cm³/mol. The molecule has 0 bridgehead atoms. The summed E-state index contributed by atoms with van der Waals surface area (Å²) in [4.78, 5) is 2.35. The standard InChI is InChI=1S/C60H40N2O/c1-3-14-41(15-4-1)42-26-33-47(34-27-42)61(49-37-30-45(31-38-49)51-21-13-25-59-60(51)54-20-9-12-24-58(54)63-59)48-35-28-43(29-36-48)46-32-39-50(44-16-5-2-6-17-44)57(40-46)62-55-22-10-7-18-52(55)53-19-8-11-23-56(53)62/h1-40H. The van der Waals surface area contributed by atoms with Crippen molar-refractivity contribution in [3.05, 3.63) is 243 Å². The van der Waals surface area contributed by atoms with Gasteiger partial charge in [0, 0.05) is 44.2 Å². The molecular weight excluding hydrogens is 765 g/mol. The van der Waals surface area contributed by atoms with E-state index in [9.17, 15) is 0 Å². The van der Waals surface area contributed by atoms with Gasteiger partial charge in [-0.05, 0) is 106 Å². The molecule has 0 radical (unpaired) electrons. The number of benzene rings is 10. The van der Waals surface area contributed by atoms with Crippen molar-refractivity contribution in [1.29, 1.82) is 0 Å². The van der Waals surface area contributed by atoms with Crippen LogP contribution >= 0.6 is 0 Å². The Morgan fingerprint density at radius 1 is 0.302 bits per heavy atom. The summed E-state index contributed by atoms with van der Waals surface area (Å²) in [6.07, 6.45) is 0. The van der Waals surface area contributed by atoms with Gasteiger partial charge in [-0.15, -0.1) is 0 Å².